The van der Waals surface area contributed by atoms with E-state index in [4.69, 9.17) is 5.11 Å². The maximum atomic E-state index is 12.1. The molecule has 1 aliphatic rings. The topological polar surface area (TPSA) is 69.6 Å². The summed E-state index contributed by atoms with van der Waals surface area (Å²) in [5.41, 5.74) is -0.390. The van der Waals surface area contributed by atoms with Crippen LogP contribution in [0.5, 0.6) is 0 Å². The number of hydrogen-bond acceptors (Lipinski definition) is 3. The zero-order chi connectivity index (χ0) is 15.2. The zero-order valence-corrected chi connectivity index (χ0v) is 12.9. The summed E-state index contributed by atoms with van der Waals surface area (Å²) in [7, 11) is 0. The molecule has 116 valence electrons. The van der Waals surface area contributed by atoms with E-state index in [-0.39, 0.29) is 18.4 Å². The Morgan fingerprint density at radius 1 is 1.30 bits per heavy atom. The molecular formula is C15H28N2O3. The molecular weight excluding hydrogens is 256 g/mol. The van der Waals surface area contributed by atoms with Crippen molar-refractivity contribution in [2.75, 3.05) is 19.7 Å². The third kappa shape index (κ3) is 5.12. The third-order valence-corrected chi connectivity index (χ3v) is 3.71. The van der Waals surface area contributed by atoms with Gasteiger partial charge in [0.2, 0.25) is 11.8 Å². The molecule has 0 heterocycles. The number of carbonyl (C=O) groups excluding carboxylic acids is 2. The van der Waals surface area contributed by atoms with Crippen LogP contribution in [0.2, 0.25) is 0 Å². The van der Waals surface area contributed by atoms with Crippen molar-refractivity contribution < 1.29 is 14.7 Å². The van der Waals surface area contributed by atoms with Gasteiger partial charge in [-0.15, -0.1) is 0 Å². The van der Waals surface area contributed by atoms with Crippen molar-refractivity contribution in [1.82, 2.24) is 10.2 Å². The Balaban J connectivity index is 2.26. The quantitative estimate of drug-likeness (QED) is 0.692. The van der Waals surface area contributed by atoms with Crippen molar-refractivity contribution in [3.63, 3.8) is 0 Å². The minimum Gasteiger partial charge on any atom is -0.395 e. The van der Waals surface area contributed by atoms with Gasteiger partial charge in [-0.1, -0.05) is 20.8 Å². The maximum Gasteiger partial charge on any atom is 0.225 e. The Morgan fingerprint density at radius 3 is 2.40 bits per heavy atom. The van der Waals surface area contributed by atoms with Gasteiger partial charge in [-0.2, -0.15) is 0 Å². The van der Waals surface area contributed by atoms with Crippen LogP contribution in [0.15, 0.2) is 0 Å². The van der Waals surface area contributed by atoms with Gasteiger partial charge < -0.3 is 15.3 Å². The molecule has 1 fully saturated rings. The van der Waals surface area contributed by atoms with Crippen LogP contribution in [-0.4, -0.2) is 47.6 Å². The second-order valence-corrected chi connectivity index (χ2v) is 6.50. The molecule has 0 unspecified atom stereocenters. The number of carbonyl (C=O) groups is 2. The van der Waals surface area contributed by atoms with Crippen LogP contribution in [0.1, 0.15) is 52.9 Å². The SMILES string of the molecule is CC(C)(C)C(=O)NCCCC(=O)N(CCO)C1CCC1. The van der Waals surface area contributed by atoms with Gasteiger partial charge in [-0.3, -0.25) is 9.59 Å². The lowest BCUT2D eigenvalue weighted by Crippen LogP contribution is -2.45. The van der Waals surface area contributed by atoms with Gasteiger partial charge in [0, 0.05) is 31.0 Å². The zero-order valence-electron chi connectivity index (χ0n) is 12.9. The summed E-state index contributed by atoms with van der Waals surface area (Å²) in [6.45, 7) is 6.58. The second-order valence-electron chi connectivity index (χ2n) is 6.50. The molecule has 2 N–H and O–H groups in total. The van der Waals surface area contributed by atoms with Gasteiger partial charge in [-0.25, -0.2) is 0 Å². The van der Waals surface area contributed by atoms with Gasteiger partial charge in [0.05, 0.1) is 6.61 Å². The number of aliphatic hydroxyl groups is 1. The number of hydrogen-bond donors (Lipinski definition) is 2. The number of amides is 2. The minimum atomic E-state index is -0.390. The first-order chi connectivity index (χ1) is 9.36. The molecule has 0 radical (unpaired) electrons. The summed E-state index contributed by atoms with van der Waals surface area (Å²) in [6, 6.07) is 0.318. The van der Waals surface area contributed by atoms with Crippen molar-refractivity contribution in [3.05, 3.63) is 0 Å². The smallest absolute Gasteiger partial charge is 0.225 e. The fourth-order valence-electron chi connectivity index (χ4n) is 2.17. The molecule has 0 spiro atoms. The van der Waals surface area contributed by atoms with Gasteiger partial charge in [0.15, 0.2) is 0 Å². The standard InChI is InChI=1S/C15H28N2O3/c1-15(2,3)14(20)16-9-5-8-13(19)17(10-11-18)12-6-4-7-12/h12,18H,4-11H2,1-3H3,(H,16,20). The molecule has 2 amide bonds. The molecule has 1 aliphatic carbocycles. The third-order valence-electron chi connectivity index (χ3n) is 3.71. The average Bonchev–Trinajstić information content (AvgIpc) is 2.30. The van der Waals surface area contributed by atoms with Crippen LogP contribution < -0.4 is 5.32 Å². The largest absolute Gasteiger partial charge is 0.395 e. The summed E-state index contributed by atoms with van der Waals surface area (Å²) >= 11 is 0. The summed E-state index contributed by atoms with van der Waals surface area (Å²) in [5.74, 6) is 0.102. The van der Waals surface area contributed by atoms with E-state index in [0.29, 0.717) is 32.0 Å². The number of rotatable bonds is 7. The second kappa shape index (κ2) is 7.62. The molecule has 0 atom stereocenters. The van der Waals surface area contributed by atoms with E-state index in [1.54, 1.807) is 4.90 Å². The molecule has 0 aliphatic heterocycles. The van der Waals surface area contributed by atoms with E-state index < -0.39 is 5.41 Å². The van der Waals surface area contributed by atoms with Crippen LogP contribution in [0.4, 0.5) is 0 Å². The summed E-state index contributed by atoms with van der Waals surface area (Å²) < 4.78 is 0. The van der Waals surface area contributed by atoms with Gasteiger partial charge >= 0.3 is 0 Å². The summed E-state index contributed by atoms with van der Waals surface area (Å²) in [5, 5.41) is 11.9. The summed E-state index contributed by atoms with van der Waals surface area (Å²) in [4.78, 5) is 25.6. The maximum absolute atomic E-state index is 12.1. The van der Waals surface area contributed by atoms with Gasteiger partial charge in [-0.05, 0) is 25.7 Å². The Bertz CT molecular complexity index is 333. The van der Waals surface area contributed by atoms with E-state index >= 15 is 0 Å². The van der Waals surface area contributed by atoms with Crippen LogP contribution in [0.3, 0.4) is 0 Å². The fraction of sp³-hybridized carbons (Fsp3) is 0.867. The fourth-order valence-corrected chi connectivity index (χ4v) is 2.17. The Labute approximate surface area is 121 Å². The van der Waals surface area contributed by atoms with E-state index in [0.717, 1.165) is 12.8 Å². The molecule has 0 bridgehead atoms. The van der Waals surface area contributed by atoms with Crippen LogP contribution in [-0.2, 0) is 9.59 Å². The lowest BCUT2D eigenvalue weighted by molar-refractivity contribution is -0.136. The minimum absolute atomic E-state index is 0.0103. The van der Waals surface area contributed by atoms with Crippen molar-refractivity contribution in [1.29, 1.82) is 0 Å². The first-order valence-electron chi connectivity index (χ1n) is 7.55. The lowest BCUT2D eigenvalue weighted by Gasteiger charge is -2.37. The highest BCUT2D eigenvalue weighted by Crippen LogP contribution is 2.25. The molecule has 1 saturated carbocycles. The number of nitrogens with one attached hydrogen (secondary N) is 1. The van der Waals surface area contributed by atoms with Crippen molar-refractivity contribution in [2.24, 2.45) is 5.41 Å². The molecule has 0 aromatic heterocycles. The van der Waals surface area contributed by atoms with E-state index in [1.165, 1.54) is 6.42 Å². The predicted octanol–water partition coefficient (Wildman–Crippen LogP) is 1.30. The average molecular weight is 284 g/mol. The first kappa shape index (κ1) is 17.0. The normalized spacial score (nSPS) is 15.6. The molecule has 0 aromatic carbocycles. The highest BCUT2D eigenvalue weighted by molar-refractivity contribution is 5.81. The van der Waals surface area contributed by atoms with Crippen LogP contribution >= 0.6 is 0 Å². The molecule has 5 nitrogen and oxygen atoms in total. The molecule has 5 heteroatoms. The molecule has 0 aromatic rings. The number of nitrogens with zero attached hydrogens (tertiary/aromatic N) is 1. The van der Waals surface area contributed by atoms with Crippen molar-refractivity contribution >= 4 is 11.8 Å². The Kier molecular flexibility index (Phi) is 6.46. The highest BCUT2D eigenvalue weighted by Gasteiger charge is 2.28. The lowest BCUT2D eigenvalue weighted by atomic mass is 9.91. The van der Waals surface area contributed by atoms with E-state index in [9.17, 15) is 9.59 Å². The van der Waals surface area contributed by atoms with Gasteiger partial charge in [0.25, 0.3) is 0 Å². The van der Waals surface area contributed by atoms with Crippen molar-refractivity contribution in [2.45, 2.75) is 58.9 Å². The molecule has 1 rings (SSSR count). The molecule has 0 saturated heterocycles. The number of aliphatic hydroxyl groups excluding tert-OH is 1. The van der Waals surface area contributed by atoms with Gasteiger partial charge in [0.1, 0.15) is 0 Å². The molecule has 20 heavy (non-hydrogen) atoms. The highest BCUT2D eigenvalue weighted by atomic mass is 16.3. The van der Waals surface area contributed by atoms with Crippen LogP contribution in [0, 0.1) is 5.41 Å². The van der Waals surface area contributed by atoms with E-state index in [2.05, 4.69) is 5.32 Å². The summed E-state index contributed by atoms with van der Waals surface area (Å²) in [6.07, 6.45) is 4.34. The monoisotopic (exact) mass is 284 g/mol. The first-order valence-corrected chi connectivity index (χ1v) is 7.55. The van der Waals surface area contributed by atoms with E-state index in [1.807, 2.05) is 20.8 Å². The predicted molar refractivity (Wildman–Crippen MR) is 78.1 cm³/mol. The Hall–Kier alpha value is -1.10. The Morgan fingerprint density at radius 2 is 1.95 bits per heavy atom. The van der Waals surface area contributed by atoms with Crippen LogP contribution in [0.25, 0.3) is 0 Å². The van der Waals surface area contributed by atoms with Crippen molar-refractivity contribution in [3.8, 4) is 0 Å².